The number of furan rings is 1. The lowest BCUT2D eigenvalue weighted by Gasteiger charge is -2.17. The molecule has 0 bridgehead atoms. The maximum atomic E-state index is 10.0. The van der Waals surface area contributed by atoms with Crippen molar-refractivity contribution in [3.63, 3.8) is 0 Å². The number of fused-ring (bicyclic) bond motifs is 6. The molecule has 46 heavy (non-hydrogen) atoms. The van der Waals surface area contributed by atoms with E-state index in [2.05, 4.69) is 115 Å². The molecule has 214 valence electrons. The van der Waals surface area contributed by atoms with E-state index in [-0.39, 0.29) is 0 Å². The predicted molar refractivity (Wildman–Crippen MR) is 193 cm³/mol. The first-order valence-electron chi connectivity index (χ1n) is 15.3. The molecule has 3 heteroatoms. The van der Waals surface area contributed by atoms with Crippen molar-refractivity contribution in [2.24, 2.45) is 0 Å². The molecule has 9 aromatic rings. The minimum Gasteiger partial charge on any atom is -0.456 e. The fourth-order valence-corrected chi connectivity index (χ4v) is 8.01. The van der Waals surface area contributed by atoms with Crippen LogP contribution in [0, 0.1) is 11.3 Å². The molecule has 2 nitrogen and oxygen atoms in total. The maximum absolute atomic E-state index is 10.0. The summed E-state index contributed by atoms with van der Waals surface area (Å²) in [6.45, 7) is 0. The van der Waals surface area contributed by atoms with Gasteiger partial charge in [-0.05, 0) is 75.3 Å². The first-order valence-corrected chi connectivity index (χ1v) is 16.1. The number of rotatable bonds is 4. The van der Waals surface area contributed by atoms with Gasteiger partial charge < -0.3 is 4.42 Å². The smallest absolute Gasteiger partial charge is 0.136 e. The van der Waals surface area contributed by atoms with Crippen LogP contribution in [0.2, 0.25) is 0 Å². The van der Waals surface area contributed by atoms with Crippen molar-refractivity contribution in [2.75, 3.05) is 0 Å². The van der Waals surface area contributed by atoms with Gasteiger partial charge in [0.25, 0.3) is 0 Å². The standard InChI is InChI=1S/C43H25NOS/c44-26-29-10-1-2-11-30(29)33-12-3-4-13-34(33)38-24-27(32-16-9-18-40-43(32)37-15-5-7-17-39(37)45-40)20-22-31(38)28-21-23-36-35-14-6-8-19-41(35)46-42(36)25-28/h1-25H. The van der Waals surface area contributed by atoms with E-state index in [1.165, 1.54) is 20.2 Å². The van der Waals surface area contributed by atoms with Gasteiger partial charge in [-0.2, -0.15) is 5.26 Å². The number of hydrogen-bond acceptors (Lipinski definition) is 3. The molecule has 0 N–H and O–H groups in total. The highest BCUT2D eigenvalue weighted by atomic mass is 32.1. The van der Waals surface area contributed by atoms with Gasteiger partial charge in [-0.1, -0.05) is 115 Å². The summed E-state index contributed by atoms with van der Waals surface area (Å²) in [7, 11) is 0. The van der Waals surface area contributed by atoms with Crippen LogP contribution in [0.1, 0.15) is 5.56 Å². The van der Waals surface area contributed by atoms with Crippen LogP contribution in [-0.4, -0.2) is 0 Å². The lowest BCUT2D eigenvalue weighted by molar-refractivity contribution is 0.669. The molecular weight excluding hydrogens is 579 g/mol. The molecule has 0 radical (unpaired) electrons. The maximum Gasteiger partial charge on any atom is 0.136 e. The van der Waals surface area contributed by atoms with Crippen LogP contribution in [0.4, 0.5) is 0 Å². The van der Waals surface area contributed by atoms with Crippen LogP contribution in [0.5, 0.6) is 0 Å². The van der Waals surface area contributed by atoms with Crippen LogP contribution < -0.4 is 0 Å². The topological polar surface area (TPSA) is 36.9 Å². The van der Waals surface area contributed by atoms with Crippen molar-refractivity contribution in [3.8, 4) is 50.6 Å². The zero-order valence-electron chi connectivity index (χ0n) is 24.7. The monoisotopic (exact) mass is 603 g/mol. The third kappa shape index (κ3) is 4.16. The van der Waals surface area contributed by atoms with Crippen molar-refractivity contribution in [3.05, 3.63) is 157 Å². The normalized spacial score (nSPS) is 11.5. The number of nitrogens with zero attached hydrogens (tertiary/aromatic N) is 1. The summed E-state index contributed by atoms with van der Waals surface area (Å²) < 4.78 is 8.83. The van der Waals surface area contributed by atoms with E-state index in [9.17, 15) is 5.26 Å². The molecule has 0 saturated heterocycles. The first kappa shape index (κ1) is 26.5. The zero-order valence-corrected chi connectivity index (χ0v) is 25.5. The Balaban J connectivity index is 1.32. The summed E-state index contributed by atoms with van der Waals surface area (Å²) in [5.41, 5.74) is 11.1. The van der Waals surface area contributed by atoms with Gasteiger partial charge in [0.15, 0.2) is 0 Å². The molecule has 0 aliphatic heterocycles. The Bertz CT molecular complexity index is 2670. The molecule has 0 atom stereocenters. The van der Waals surface area contributed by atoms with Crippen molar-refractivity contribution in [2.45, 2.75) is 0 Å². The van der Waals surface area contributed by atoms with Gasteiger partial charge in [0, 0.05) is 36.5 Å². The number of hydrogen-bond donors (Lipinski definition) is 0. The highest BCUT2D eigenvalue weighted by molar-refractivity contribution is 7.25. The molecule has 9 rings (SSSR count). The average molecular weight is 604 g/mol. The lowest BCUT2D eigenvalue weighted by Crippen LogP contribution is -1.92. The van der Waals surface area contributed by atoms with Gasteiger partial charge >= 0.3 is 0 Å². The predicted octanol–water partition coefficient (Wildman–Crippen LogP) is 12.5. The lowest BCUT2D eigenvalue weighted by atomic mass is 9.86. The molecular formula is C43H25NOS. The molecule has 0 fully saturated rings. The summed E-state index contributed by atoms with van der Waals surface area (Å²) in [6, 6.07) is 55.5. The quantitative estimate of drug-likeness (QED) is 0.201. The molecule has 0 spiro atoms. The third-order valence-corrected chi connectivity index (χ3v) is 10.1. The Morgan fingerprint density at radius 3 is 1.93 bits per heavy atom. The summed E-state index contributed by atoms with van der Waals surface area (Å²) in [5, 5.41) is 14.8. The molecule has 0 saturated carbocycles. The molecule has 7 aromatic carbocycles. The molecule has 0 aliphatic carbocycles. The molecule has 0 unspecified atom stereocenters. The van der Waals surface area contributed by atoms with E-state index in [0.717, 1.165) is 66.4 Å². The van der Waals surface area contributed by atoms with Crippen molar-refractivity contribution < 1.29 is 4.42 Å². The van der Waals surface area contributed by atoms with E-state index in [1.807, 2.05) is 53.8 Å². The highest BCUT2D eigenvalue weighted by Gasteiger charge is 2.18. The number of para-hydroxylation sites is 1. The largest absolute Gasteiger partial charge is 0.456 e. The van der Waals surface area contributed by atoms with Gasteiger partial charge in [0.2, 0.25) is 0 Å². The van der Waals surface area contributed by atoms with Crippen LogP contribution in [0.25, 0.3) is 86.6 Å². The minimum absolute atomic E-state index is 0.661. The second-order valence-corrected chi connectivity index (χ2v) is 12.6. The fourth-order valence-electron chi connectivity index (χ4n) is 6.86. The minimum atomic E-state index is 0.661. The van der Waals surface area contributed by atoms with Gasteiger partial charge in [-0.3, -0.25) is 0 Å². The van der Waals surface area contributed by atoms with Crippen molar-refractivity contribution in [1.29, 1.82) is 5.26 Å². The number of nitriles is 1. The van der Waals surface area contributed by atoms with E-state index < -0.39 is 0 Å². The van der Waals surface area contributed by atoms with Crippen molar-refractivity contribution in [1.82, 2.24) is 0 Å². The van der Waals surface area contributed by atoms with E-state index in [4.69, 9.17) is 4.42 Å². The van der Waals surface area contributed by atoms with Crippen LogP contribution >= 0.6 is 11.3 Å². The second kappa shape index (κ2) is 10.6. The van der Waals surface area contributed by atoms with Crippen LogP contribution in [-0.2, 0) is 0 Å². The fraction of sp³-hybridized carbons (Fsp3) is 0. The van der Waals surface area contributed by atoms with Gasteiger partial charge in [0.05, 0.1) is 11.6 Å². The molecule has 2 aromatic heterocycles. The van der Waals surface area contributed by atoms with Gasteiger partial charge in [-0.15, -0.1) is 11.3 Å². The van der Waals surface area contributed by atoms with E-state index in [0.29, 0.717) is 5.56 Å². The Morgan fingerprint density at radius 1 is 0.435 bits per heavy atom. The summed E-state index contributed by atoms with van der Waals surface area (Å²) in [4.78, 5) is 0. The SMILES string of the molecule is N#Cc1ccccc1-c1ccccc1-c1cc(-c2cccc3oc4ccccc4c23)ccc1-c1ccc2c(c1)sc1ccccc12. The van der Waals surface area contributed by atoms with Gasteiger partial charge in [-0.25, -0.2) is 0 Å². The van der Waals surface area contributed by atoms with Crippen LogP contribution in [0.3, 0.4) is 0 Å². The Hall–Kier alpha value is -5.95. The Morgan fingerprint density at radius 2 is 1.07 bits per heavy atom. The second-order valence-electron chi connectivity index (χ2n) is 11.5. The number of benzene rings is 7. The summed E-state index contributed by atoms with van der Waals surface area (Å²) in [5.74, 6) is 0. The molecule has 0 amide bonds. The Labute approximate surface area is 270 Å². The van der Waals surface area contributed by atoms with E-state index >= 15 is 0 Å². The third-order valence-electron chi connectivity index (χ3n) is 8.98. The molecule has 0 aliphatic rings. The Kier molecular flexibility index (Phi) is 6.09. The average Bonchev–Trinajstić information content (AvgIpc) is 3.69. The summed E-state index contributed by atoms with van der Waals surface area (Å²) >= 11 is 1.83. The highest BCUT2D eigenvalue weighted by Crippen LogP contribution is 2.45. The molecule has 2 heterocycles. The number of thiophene rings is 1. The van der Waals surface area contributed by atoms with Crippen LogP contribution in [0.15, 0.2) is 156 Å². The first-order chi connectivity index (χ1) is 22.8. The van der Waals surface area contributed by atoms with Gasteiger partial charge in [0.1, 0.15) is 11.2 Å². The van der Waals surface area contributed by atoms with Crippen molar-refractivity contribution >= 4 is 53.4 Å². The van der Waals surface area contributed by atoms with E-state index in [1.54, 1.807) is 0 Å². The summed E-state index contributed by atoms with van der Waals surface area (Å²) in [6.07, 6.45) is 0. The zero-order chi connectivity index (χ0) is 30.6.